The Bertz CT molecular complexity index is 774. The number of hydrogen-bond donors (Lipinski definition) is 1. The zero-order chi connectivity index (χ0) is 18.2. The summed E-state index contributed by atoms with van der Waals surface area (Å²) in [5, 5.41) is 2.72. The van der Waals surface area contributed by atoms with Crippen LogP contribution in [0.3, 0.4) is 0 Å². The number of imide groups is 1. The summed E-state index contributed by atoms with van der Waals surface area (Å²) in [4.78, 5) is 26.1. The molecule has 1 unspecified atom stereocenters. The zero-order valence-corrected chi connectivity index (χ0v) is 14.5. The SMILES string of the molecule is CN1C(=O)CC(N2CCN(S(=O)(=O)c3ccccc3F)CC2)NC1=O. The Morgan fingerprint density at radius 2 is 1.76 bits per heavy atom. The van der Waals surface area contributed by atoms with Gasteiger partial charge in [-0.2, -0.15) is 4.31 Å². The highest BCUT2D eigenvalue weighted by molar-refractivity contribution is 7.89. The van der Waals surface area contributed by atoms with E-state index in [1.165, 1.54) is 29.6 Å². The normalized spacial score (nSPS) is 23.6. The Morgan fingerprint density at radius 3 is 2.36 bits per heavy atom. The molecule has 2 heterocycles. The van der Waals surface area contributed by atoms with E-state index in [4.69, 9.17) is 0 Å². The van der Waals surface area contributed by atoms with Crippen molar-refractivity contribution in [1.29, 1.82) is 0 Å². The van der Waals surface area contributed by atoms with Crippen LogP contribution >= 0.6 is 0 Å². The van der Waals surface area contributed by atoms with Gasteiger partial charge in [0.1, 0.15) is 10.7 Å². The second kappa shape index (κ2) is 6.70. The highest BCUT2D eigenvalue weighted by atomic mass is 32.2. The highest BCUT2D eigenvalue weighted by Gasteiger charge is 2.36. The van der Waals surface area contributed by atoms with E-state index in [0.717, 1.165) is 11.0 Å². The van der Waals surface area contributed by atoms with Crippen molar-refractivity contribution in [3.8, 4) is 0 Å². The van der Waals surface area contributed by atoms with Crippen LogP contribution in [0.1, 0.15) is 6.42 Å². The van der Waals surface area contributed by atoms with E-state index in [2.05, 4.69) is 5.32 Å². The van der Waals surface area contributed by atoms with E-state index in [0.29, 0.717) is 13.1 Å². The Hall–Kier alpha value is -2.04. The van der Waals surface area contributed by atoms with Crippen LogP contribution in [-0.2, 0) is 14.8 Å². The molecule has 2 fully saturated rings. The van der Waals surface area contributed by atoms with Gasteiger partial charge in [0.25, 0.3) is 0 Å². The number of nitrogens with one attached hydrogen (secondary N) is 1. The number of halogens is 1. The molecular formula is C15H19FN4O4S. The Morgan fingerprint density at radius 1 is 1.12 bits per heavy atom. The number of carbonyl (C=O) groups excluding carboxylic acids is 2. The van der Waals surface area contributed by atoms with Crippen LogP contribution in [0.5, 0.6) is 0 Å². The highest BCUT2D eigenvalue weighted by Crippen LogP contribution is 2.21. The summed E-state index contributed by atoms with van der Waals surface area (Å²) in [5.41, 5.74) is 0. The molecule has 2 aliphatic heterocycles. The predicted molar refractivity (Wildman–Crippen MR) is 86.4 cm³/mol. The second-order valence-corrected chi connectivity index (χ2v) is 7.90. The van der Waals surface area contributed by atoms with E-state index in [-0.39, 0.29) is 30.3 Å². The summed E-state index contributed by atoms with van der Waals surface area (Å²) < 4.78 is 40.2. The summed E-state index contributed by atoms with van der Waals surface area (Å²) in [6, 6.07) is 4.80. The second-order valence-electron chi connectivity index (χ2n) is 5.99. The van der Waals surface area contributed by atoms with Gasteiger partial charge >= 0.3 is 6.03 Å². The van der Waals surface area contributed by atoms with E-state index >= 15 is 0 Å². The molecule has 8 nitrogen and oxygen atoms in total. The molecule has 1 aromatic rings. The first-order valence-corrected chi connectivity index (χ1v) is 9.30. The molecule has 0 radical (unpaired) electrons. The van der Waals surface area contributed by atoms with Crippen LogP contribution < -0.4 is 5.32 Å². The molecule has 0 aliphatic carbocycles. The number of carbonyl (C=O) groups is 2. The van der Waals surface area contributed by atoms with Gasteiger partial charge in [-0.1, -0.05) is 12.1 Å². The maximum Gasteiger partial charge on any atom is 0.325 e. The van der Waals surface area contributed by atoms with Gasteiger partial charge in [0.15, 0.2) is 0 Å². The molecule has 0 bridgehead atoms. The monoisotopic (exact) mass is 370 g/mol. The molecule has 1 atom stereocenters. The van der Waals surface area contributed by atoms with Crippen molar-refractivity contribution in [3.05, 3.63) is 30.1 Å². The fraction of sp³-hybridized carbons (Fsp3) is 0.467. The van der Waals surface area contributed by atoms with Crippen molar-refractivity contribution in [2.45, 2.75) is 17.5 Å². The first-order valence-electron chi connectivity index (χ1n) is 7.86. The molecule has 1 N–H and O–H groups in total. The van der Waals surface area contributed by atoms with E-state index in [1.54, 1.807) is 0 Å². The van der Waals surface area contributed by atoms with Crippen molar-refractivity contribution in [2.24, 2.45) is 0 Å². The number of rotatable bonds is 3. The molecule has 3 amide bonds. The van der Waals surface area contributed by atoms with Crippen molar-refractivity contribution < 1.29 is 22.4 Å². The molecule has 25 heavy (non-hydrogen) atoms. The summed E-state index contributed by atoms with van der Waals surface area (Å²) in [7, 11) is -2.50. The molecule has 0 saturated carbocycles. The molecule has 3 rings (SSSR count). The van der Waals surface area contributed by atoms with Crippen LogP contribution in [0.15, 0.2) is 29.2 Å². The maximum atomic E-state index is 13.8. The maximum absolute atomic E-state index is 13.8. The molecule has 2 aliphatic rings. The molecular weight excluding hydrogens is 351 g/mol. The van der Waals surface area contributed by atoms with Crippen molar-refractivity contribution >= 4 is 22.0 Å². The van der Waals surface area contributed by atoms with Crippen LogP contribution in [0.4, 0.5) is 9.18 Å². The minimum absolute atomic E-state index is 0.141. The van der Waals surface area contributed by atoms with E-state index in [1.807, 2.05) is 4.90 Å². The summed E-state index contributed by atoms with van der Waals surface area (Å²) in [6.07, 6.45) is -0.308. The Balaban J connectivity index is 1.67. The lowest BCUT2D eigenvalue weighted by atomic mass is 10.2. The number of nitrogens with zero attached hydrogens (tertiary/aromatic N) is 3. The van der Waals surface area contributed by atoms with Gasteiger partial charge < -0.3 is 5.32 Å². The fourth-order valence-corrected chi connectivity index (χ4v) is 4.46. The third-order valence-corrected chi connectivity index (χ3v) is 6.44. The third-order valence-electron chi connectivity index (χ3n) is 4.51. The fourth-order valence-electron chi connectivity index (χ4n) is 2.97. The zero-order valence-electron chi connectivity index (χ0n) is 13.7. The minimum Gasteiger partial charge on any atom is -0.322 e. The third kappa shape index (κ3) is 3.37. The number of benzene rings is 1. The molecule has 0 aromatic heterocycles. The molecule has 0 spiro atoms. The van der Waals surface area contributed by atoms with Crippen molar-refractivity contribution in [3.63, 3.8) is 0 Å². The smallest absolute Gasteiger partial charge is 0.322 e. The van der Waals surface area contributed by atoms with Crippen LogP contribution in [0.2, 0.25) is 0 Å². The van der Waals surface area contributed by atoms with Gasteiger partial charge in [-0.25, -0.2) is 17.6 Å². The summed E-state index contributed by atoms with van der Waals surface area (Å²) in [6.45, 7) is 1.01. The first-order chi connectivity index (χ1) is 11.8. The Labute approximate surface area is 145 Å². The average molecular weight is 370 g/mol. The summed E-state index contributed by atoms with van der Waals surface area (Å²) in [5.74, 6) is -1.06. The van der Waals surface area contributed by atoms with Gasteiger partial charge in [-0.3, -0.25) is 14.6 Å². The van der Waals surface area contributed by atoms with Gasteiger partial charge in [-0.05, 0) is 12.1 Å². The first kappa shape index (κ1) is 17.8. The lowest BCUT2D eigenvalue weighted by Gasteiger charge is -2.41. The standard InChI is InChI=1S/C15H19FN4O4S/c1-18-14(21)10-13(17-15(18)22)19-6-8-20(9-7-19)25(23,24)12-5-3-2-4-11(12)16/h2-5,13H,6-10H2,1H3,(H,17,22). The van der Waals surface area contributed by atoms with Crippen molar-refractivity contribution in [2.75, 3.05) is 33.2 Å². The van der Waals surface area contributed by atoms with Crippen LogP contribution in [0.25, 0.3) is 0 Å². The molecule has 136 valence electrons. The lowest BCUT2D eigenvalue weighted by Crippen LogP contribution is -2.62. The number of piperazine rings is 1. The van der Waals surface area contributed by atoms with Crippen LogP contribution in [0, 0.1) is 5.82 Å². The van der Waals surface area contributed by atoms with Gasteiger partial charge in [-0.15, -0.1) is 0 Å². The largest absolute Gasteiger partial charge is 0.325 e. The number of sulfonamides is 1. The van der Waals surface area contributed by atoms with E-state index in [9.17, 15) is 22.4 Å². The molecule has 2 saturated heterocycles. The van der Waals surface area contributed by atoms with Gasteiger partial charge in [0.2, 0.25) is 15.9 Å². The number of hydrogen-bond acceptors (Lipinski definition) is 5. The number of amides is 3. The topological polar surface area (TPSA) is 90.0 Å². The lowest BCUT2D eigenvalue weighted by molar-refractivity contribution is -0.130. The Kier molecular flexibility index (Phi) is 4.76. The van der Waals surface area contributed by atoms with Gasteiger partial charge in [0.05, 0.1) is 12.6 Å². The molecule has 10 heteroatoms. The number of urea groups is 1. The average Bonchev–Trinajstić information content (AvgIpc) is 2.59. The van der Waals surface area contributed by atoms with E-state index < -0.39 is 28.0 Å². The van der Waals surface area contributed by atoms with Gasteiger partial charge in [0, 0.05) is 33.2 Å². The summed E-state index contributed by atoms with van der Waals surface area (Å²) >= 11 is 0. The van der Waals surface area contributed by atoms with Crippen molar-refractivity contribution in [1.82, 2.24) is 19.4 Å². The quantitative estimate of drug-likeness (QED) is 0.811. The van der Waals surface area contributed by atoms with Crippen LogP contribution in [-0.4, -0.2) is 73.9 Å². The molecule has 1 aromatic carbocycles. The predicted octanol–water partition coefficient (Wildman–Crippen LogP) is 0.0298. The minimum atomic E-state index is -3.91.